The first-order valence-corrected chi connectivity index (χ1v) is 11.2. The van der Waals surface area contributed by atoms with Crippen LogP contribution in [0.15, 0.2) is 29.2 Å². The molecule has 10 heteroatoms. The fourth-order valence-corrected chi connectivity index (χ4v) is 4.71. The molecule has 1 fully saturated rings. The SMILES string of the molecule is COc1ccc(S(=O)(=O)N2CCN(c3cc(OC(C)C)nc(C)n3)CC2)cc1OC. The molecule has 0 N–H and O–H groups in total. The van der Waals surface area contributed by atoms with Crippen molar-refractivity contribution in [3.63, 3.8) is 0 Å². The number of ether oxygens (including phenoxy) is 3. The van der Waals surface area contributed by atoms with Crippen LogP contribution in [-0.2, 0) is 10.0 Å². The molecule has 3 rings (SSSR count). The average molecular weight is 437 g/mol. The van der Waals surface area contributed by atoms with E-state index >= 15 is 0 Å². The van der Waals surface area contributed by atoms with Crippen LogP contribution in [0.2, 0.25) is 0 Å². The molecule has 1 aliphatic heterocycles. The standard InChI is InChI=1S/C20H28N4O5S/c1-14(2)29-20-13-19(21-15(3)22-20)23-8-10-24(11-9-23)30(25,26)16-6-7-17(27-4)18(12-16)28-5/h6-7,12-14H,8-11H2,1-5H3. The maximum Gasteiger partial charge on any atom is 0.243 e. The molecule has 0 spiro atoms. The number of sulfonamides is 1. The molecule has 1 saturated heterocycles. The van der Waals surface area contributed by atoms with Gasteiger partial charge in [-0.15, -0.1) is 0 Å². The number of hydrogen-bond donors (Lipinski definition) is 0. The largest absolute Gasteiger partial charge is 0.493 e. The van der Waals surface area contributed by atoms with Crippen molar-refractivity contribution in [2.45, 2.75) is 31.8 Å². The third-order valence-electron chi connectivity index (χ3n) is 4.71. The van der Waals surface area contributed by atoms with E-state index in [0.717, 1.165) is 5.82 Å². The zero-order valence-corrected chi connectivity index (χ0v) is 18.8. The molecule has 0 atom stereocenters. The molecular weight excluding hydrogens is 408 g/mol. The van der Waals surface area contributed by atoms with Gasteiger partial charge in [0.2, 0.25) is 15.9 Å². The summed E-state index contributed by atoms with van der Waals surface area (Å²) in [5.74, 6) is 2.74. The van der Waals surface area contributed by atoms with Crippen molar-refractivity contribution in [2.24, 2.45) is 0 Å². The molecule has 2 heterocycles. The van der Waals surface area contributed by atoms with Gasteiger partial charge in [0.15, 0.2) is 11.5 Å². The first-order chi connectivity index (χ1) is 14.2. The van der Waals surface area contributed by atoms with Crippen molar-refractivity contribution < 1.29 is 22.6 Å². The maximum absolute atomic E-state index is 13.1. The van der Waals surface area contributed by atoms with E-state index in [4.69, 9.17) is 14.2 Å². The van der Waals surface area contributed by atoms with E-state index in [0.29, 0.717) is 49.4 Å². The Kier molecular flexibility index (Phi) is 6.67. The Morgan fingerprint density at radius 3 is 2.23 bits per heavy atom. The zero-order valence-electron chi connectivity index (χ0n) is 18.0. The monoisotopic (exact) mass is 436 g/mol. The van der Waals surface area contributed by atoms with Gasteiger partial charge in [0.1, 0.15) is 11.6 Å². The number of anilines is 1. The van der Waals surface area contributed by atoms with Crippen molar-refractivity contribution in [3.05, 3.63) is 30.1 Å². The topological polar surface area (TPSA) is 94.1 Å². The fourth-order valence-electron chi connectivity index (χ4n) is 3.27. The first kappa shape index (κ1) is 22.1. The van der Waals surface area contributed by atoms with Crippen LogP contribution >= 0.6 is 0 Å². The summed E-state index contributed by atoms with van der Waals surface area (Å²) in [7, 11) is -0.652. The van der Waals surface area contributed by atoms with Gasteiger partial charge >= 0.3 is 0 Å². The summed E-state index contributed by atoms with van der Waals surface area (Å²) in [6.45, 7) is 7.42. The highest BCUT2D eigenvalue weighted by molar-refractivity contribution is 7.89. The lowest BCUT2D eigenvalue weighted by Gasteiger charge is -2.34. The molecule has 9 nitrogen and oxygen atoms in total. The van der Waals surface area contributed by atoms with Crippen molar-refractivity contribution in [1.82, 2.24) is 14.3 Å². The quantitative estimate of drug-likeness (QED) is 0.651. The van der Waals surface area contributed by atoms with Crippen LogP contribution in [0, 0.1) is 6.92 Å². The molecule has 0 radical (unpaired) electrons. The van der Waals surface area contributed by atoms with E-state index in [9.17, 15) is 8.42 Å². The summed E-state index contributed by atoms with van der Waals surface area (Å²) in [6.07, 6.45) is 0.00984. The molecule has 0 unspecified atom stereocenters. The fraction of sp³-hybridized carbons (Fsp3) is 0.500. The van der Waals surface area contributed by atoms with Crippen LogP contribution in [0.1, 0.15) is 19.7 Å². The normalized spacial score (nSPS) is 15.3. The highest BCUT2D eigenvalue weighted by Crippen LogP contribution is 2.31. The Morgan fingerprint density at radius 2 is 1.63 bits per heavy atom. The molecule has 1 aromatic heterocycles. The van der Waals surface area contributed by atoms with Crippen molar-refractivity contribution >= 4 is 15.8 Å². The first-order valence-electron chi connectivity index (χ1n) is 9.74. The minimum Gasteiger partial charge on any atom is -0.493 e. The number of aryl methyl sites for hydroxylation is 1. The third kappa shape index (κ3) is 4.76. The lowest BCUT2D eigenvalue weighted by Crippen LogP contribution is -2.49. The Hall–Kier alpha value is -2.59. The summed E-state index contributed by atoms with van der Waals surface area (Å²) in [5, 5.41) is 0. The minimum atomic E-state index is -3.64. The van der Waals surface area contributed by atoms with E-state index < -0.39 is 10.0 Å². The molecule has 0 bridgehead atoms. The summed E-state index contributed by atoms with van der Waals surface area (Å²) < 4.78 is 43.8. The van der Waals surface area contributed by atoms with E-state index in [1.165, 1.54) is 30.7 Å². The average Bonchev–Trinajstić information content (AvgIpc) is 2.72. The summed E-state index contributed by atoms with van der Waals surface area (Å²) in [6, 6.07) is 6.42. The number of nitrogens with zero attached hydrogens (tertiary/aromatic N) is 4. The summed E-state index contributed by atoms with van der Waals surface area (Å²) in [4.78, 5) is 11.0. The van der Waals surface area contributed by atoms with Gasteiger partial charge in [-0.3, -0.25) is 0 Å². The van der Waals surface area contributed by atoms with Gasteiger partial charge in [-0.2, -0.15) is 9.29 Å². The second-order valence-corrected chi connectivity index (χ2v) is 9.12. The van der Waals surface area contributed by atoms with Gasteiger partial charge < -0.3 is 19.1 Å². The molecule has 2 aromatic rings. The molecule has 0 aliphatic carbocycles. The number of piperazine rings is 1. The van der Waals surface area contributed by atoms with E-state index in [1.54, 1.807) is 12.1 Å². The Balaban J connectivity index is 1.74. The van der Waals surface area contributed by atoms with Crippen LogP contribution in [0.4, 0.5) is 5.82 Å². The molecule has 0 amide bonds. The second-order valence-electron chi connectivity index (χ2n) is 7.19. The lowest BCUT2D eigenvalue weighted by atomic mass is 10.3. The second kappa shape index (κ2) is 9.05. The Morgan fingerprint density at radius 1 is 0.967 bits per heavy atom. The van der Waals surface area contributed by atoms with Crippen molar-refractivity contribution in [3.8, 4) is 17.4 Å². The van der Waals surface area contributed by atoms with E-state index in [2.05, 4.69) is 9.97 Å². The molecule has 30 heavy (non-hydrogen) atoms. The number of rotatable bonds is 7. The molecule has 1 aliphatic rings. The van der Waals surface area contributed by atoms with Crippen LogP contribution in [-0.4, -0.2) is 69.2 Å². The van der Waals surface area contributed by atoms with Crippen LogP contribution in [0.25, 0.3) is 0 Å². The van der Waals surface area contributed by atoms with Gasteiger partial charge in [0.25, 0.3) is 0 Å². The zero-order chi connectivity index (χ0) is 21.9. The van der Waals surface area contributed by atoms with Gasteiger partial charge in [-0.25, -0.2) is 13.4 Å². The van der Waals surface area contributed by atoms with Gasteiger partial charge in [0.05, 0.1) is 25.2 Å². The van der Waals surface area contributed by atoms with Crippen molar-refractivity contribution in [2.75, 3.05) is 45.3 Å². The highest BCUT2D eigenvalue weighted by atomic mass is 32.2. The number of hydrogen-bond acceptors (Lipinski definition) is 8. The van der Waals surface area contributed by atoms with Crippen LogP contribution < -0.4 is 19.1 Å². The summed E-state index contributed by atoms with van der Waals surface area (Å²) in [5.41, 5.74) is 0. The predicted molar refractivity (Wildman–Crippen MR) is 113 cm³/mol. The number of methoxy groups -OCH3 is 2. The maximum atomic E-state index is 13.1. The predicted octanol–water partition coefficient (Wildman–Crippen LogP) is 2.10. The minimum absolute atomic E-state index is 0.00984. The molecule has 0 saturated carbocycles. The van der Waals surface area contributed by atoms with Crippen LogP contribution in [0.3, 0.4) is 0 Å². The highest BCUT2D eigenvalue weighted by Gasteiger charge is 2.30. The van der Waals surface area contributed by atoms with Crippen molar-refractivity contribution in [1.29, 1.82) is 0 Å². The smallest absolute Gasteiger partial charge is 0.243 e. The summed E-state index contributed by atoms with van der Waals surface area (Å²) >= 11 is 0. The lowest BCUT2D eigenvalue weighted by molar-refractivity contribution is 0.231. The van der Waals surface area contributed by atoms with E-state index in [-0.39, 0.29) is 11.0 Å². The third-order valence-corrected chi connectivity index (χ3v) is 6.61. The Labute approximate surface area is 177 Å². The van der Waals surface area contributed by atoms with Gasteiger partial charge in [-0.1, -0.05) is 0 Å². The number of aromatic nitrogens is 2. The Bertz CT molecular complexity index is 989. The molecular formula is C20H28N4O5S. The molecule has 164 valence electrons. The van der Waals surface area contributed by atoms with Crippen LogP contribution in [0.5, 0.6) is 17.4 Å². The number of benzene rings is 1. The molecule has 1 aromatic carbocycles. The van der Waals surface area contributed by atoms with E-state index in [1.807, 2.05) is 25.7 Å². The van der Waals surface area contributed by atoms with Gasteiger partial charge in [0, 0.05) is 38.3 Å². The van der Waals surface area contributed by atoms with Gasteiger partial charge in [-0.05, 0) is 32.9 Å².